The van der Waals surface area contributed by atoms with Crippen LogP contribution in [-0.2, 0) is 11.3 Å². The lowest BCUT2D eigenvalue weighted by atomic mass is 10.2. The number of carbonyl (C=O) groups excluding carboxylic acids is 1. The summed E-state index contributed by atoms with van der Waals surface area (Å²) in [6.07, 6.45) is 3.84. The fourth-order valence-corrected chi connectivity index (χ4v) is 3.81. The van der Waals surface area contributed by atoms with E-state index < -0.39 is 0 Å². The molecule has 29 heavy (non-hydrogen) atoms. The fraction of sp³-hybridized carbons (Fsp3) is 0.476. The van der Waals surface area contributed by atoms with Crippen molar-refractivity contribution in [3.8, 4) is 0 Å². The monoisotopic (exact) mass is 397 g/mol. The van der Waals surface area contributed by atoms with Gasteiger partial charge in [-0.2, -0.15) is 0 Å². The number of piperazine rings is 1. The molecule has 0 saturated carbocycles. The topological polar surface area (TPSA) is 90.6 Å². The van der Waals surface area contributed by atoms with E-state index in [-0.39, 0.29) is 23.1 Å². The lowest BCUT2D eigenvalue weighted by Crippen LogP contribution is -2.46. The number of hydrogen-bond donors (Lipinski definition) is 2. The van der Waals surface area contributed by atoms with Crippen LogP contribution in [0.25, 0.3) is 0 Å². The molecule has 154 valence electrons. The molecular weight excluding hydrogens is 370 g/mol. The average Bonchev–Trinajstić information content (AvgIpc) is 3.27. The number of H-pyrrole nitrogens is 1. The van der Waals surface area contributed by atoms with E-state index in [1.54, 1.807) is 6.07 Å². The van der Waals surface area contributed by atoms with Crippen LogP contribution in [0.3, 0.4) is 0 Å². The Bertz CT molecular complexity index is 871. The maximum Gasteiger partial charge on any atom is 0.261 e. The Kier molecular flexibility index (Phi) is 6.21. The third-order valence-corrected chi connectivity index (χ3v) is 5.47. The van der Waals surface area contributed by atoms with Crippen LogP contribution in [0, 0.1) is 0 Å². The largest absolute Gasteiger partial charge is 0.376 e. The second-order valence-corrected chi connectivity index (χ2v) is 7.52. The summed E-state index contributed by atoms with van der Waals surface area (Å²) >= 11 is 0. The van der Waals surface area contributed by atoms with Crippen molar-refractivity contribution in [3.05, 3.63) is 58.1 Å². The first-order valence-corrected chi connectivity index (χ1v) is 10.2. The van der Waals surface area contributed by atoms with Crippen LogP contribution in [0.5, 0.6) is 0 Å². The first-order chi connectivity index (χ1) is 14.2. The van der Waals surface area contributed by atoms with Gasteiger partial charge in [0.25, 0.3) is 11.5 Å². The van der Waals surface area contributed by atoms with Crippen LogP contribution in [0.15, 0.2) is 41.3 Å². The summed E-state index contributed by atoms with van der Waals surface area (Å²) in [6, 6.07) is 9.38. The first kappa shape index (κ1) is 19.6. The molecule has 0 radical (unpaired) electrons. The Morgan fingerprint density at radius 1 is 1.21 bits per heavy atom. The number of anilines is 1. The Balaban J connectivity index is 1.29. The van der Waals surface area contributed by atoms with Gasteiger partial charge in [0.2, 0.25) is 0 Å². The van der Waals surface area contributed by atoms with E-state index in [4.69, 9.17) is 4.74 Å². The number of carbonyl (C=O) groups is 1. The van der Waals surface area contributed by atoms with Crippen LogP contribution < -0.4 is 15.8 Å². The molecule has 1 unspecified atom stereocenters. The Morgan fingerprint density at radius 2 is 2.07 bits per heavy atom. The van der Waals surface area contributed by atoms with Crippen LogP contribution in [0.4, 0.5) is 5.82 Å². The van der Waals surface area contributed by atoms with Gasteiger partial charge in [-0.15, -0.1) is 0 Å². The maximum atomic E-state index is 12.4. The van der Waals surface area contributed by atoms with Gasteiger partial charge in [0.1, 0.15) is 11.4 Å². The molecule has 2 aromatic heterocycles. The van der Waals surface area contributed by atoms with E-state index in [0.717, 1.165) is 57.1 Å². The number of hydrogen-bond acceptors (Lipinski definition) is 6. The highest BCUT2D eigenvalue weighted by Crippen LogP contribution is 2.14. The van der Waals surface area contributed by atoms with Gasteiger partial charge in [-0.25, -0.2) is 4.98 Å². The minimum absolute atomic E-state index is 0.0575. The molecule has 0 bridgehead atoms. The van der Waals surface area contributed by atoms with Gasteiger partial charge in [0.05, 0.1) is 6.10 Å². The zero-order valence-corrected chi connectivity index (χ0v) is 16.5. The number of nitrogens with one attached hydrogen (secondary N) is 2. The van der Waals surface area contributed by atoms with Crippen LogP contribution in [-0.4, -0.2) is 66.2 Å². The number of amides is 1. The average molecular weight is 397 g/mol. The summed E-state index contributed by atoms with van der Waals surface area (Å²) in [7, 11) is 0. The zero-order valence-electron chi connectivity index (χ0n) is 16.5. The van der Waals surface area contributed by atoms with E-state index in [1.165, 1.54) is 0 Å². The molecule has 1 atom stereocenters. The van der Waals surface area contributed by atoms with Gasteiger partial charge in [-0.05, 0) is 37.1 Å². The van der Waals surface area contributed by atoms with Crippen molar-refractivity contribution in [1.29, 1.82) is 0 Å². The SMILES string of the molecule is O=C(NCC1CCCO1)c1ccc(CN2CCN(c3ccccn3)CC2)[nH]c1=O. The van der Waals surface area contributed by atoms with Gasteiger partial charge >= 0.3 is 0 Å². The van der Waals surface area contributed by atoms with Crippen molar-refractivity contribution < 1.29 is 9.53 Å². The molecule has 4 rings (SSSR count). The number of nitrogens with zero attached hydrogens (tertiary/aromatic N) is 3. The van der Waals surface area contributed by atoms with E-state index >= 15 is 0 Å². The molecule has 0 aliphatic carbocycles. The van der Waals surface area contributed by atoms with Crippen molar-refractivity contribution in [1.82, 2.24) is 20.2 Å². The van der Waals surface area contributed by atoms with Gasteiger partial charge in [0.15, 0.2) is 0 Å². The van der Waals surface area contributed by atoms with Gasteiger partial charge in [0, 0.05) is 57.8 Å². The smallest absolute Gasteiger partial charge is 0.261 e. The number of aromatic nitrogens is 2. The Labute approximate surface area is 169 Å². The fourth-order valence-electron chi connectivity index (χ4n) is 3.81. The van der Waals surface area contributed by atoms with E-state index in [0.29, 0.717) is 13.1 Å². The lowest BCUT2D eigenvalue weighted by Gasteiger charge is -2.35. The van der Waals surface area contributed by atoms with Crippen molar-refractivity contribution in [2.24, 2.45) is 0 Å². The molecule has 2 aliphatic rings. The highest BCUT2D eigenvalue weighted by molar-refractivity contribution is 5.93. The lowest BCUT2D eigenvalue weighted by molar-refractivity contribution is 0.0856. The molecule has 8 nitrogen and oxygen atoms in total. The summed E-state index contributed by atoms with van der Waals surface area (Å²) < 4.78 is 5.50. The quantitative estimate of drug-likeness (QED) is 0.756. The van der Waals surface area contributed by atoms with E-state index in [9.17, 15) is 9.59 Å². The van der Waals surface area contributed by atoms with Crippen molar-refractivity contribution in [3.63, 3.8) is 0 Å². The third-order valence-electron chi connectivity index (χ3n) is 5.47. The summed E-state index contributed by atoms with van der Waals surface area (Å²) in [4.78, 5) is 36.5. The number of rotatable bonds is 6. The minimum Gasteiger partial charge on any atom is -0.376 e. The van der Waals surface area contributed by atoms with Crippen LogP contribution in [0.1, 0.15) is 28.9 Å². The number of ether oxygens (including phenoxy) is 1. The normalized spacial score (nSPS) is 20.0. The third kappa shape index (κ3) is 5.02. The minimum atomic E-state index is -0.350. The molecule has 2 aliphatic heterocycles. The highest BCUT2D eigenvalue weighted by atomic mass is 16.5. The van der Waals surface area contributed by atoms with Crippen molar-refractivity contribution >= 4 is 11.7 Å². The van der Waals surface area contributed by atoms with E-state index in [1.807, 2.05) is 30.5 Å². The molecule has 2 N–H and O–H groups in total. The molecule has 0 spiro atoms. The Morgan fingerprint density at radius 3 is 2.76 bits per heavy atom. The molecule has 2 fully saturated rings. The standard InChI is InChI=1S/C21H27N5O3/c27-20(23-14-17-4-3-13-29-17)18-7-6-16(24-21(18)28)15-25-9-11-26(12-10-25)19-5-1-2-8-22-19/h1-2,5-8,17H,3-4,9-15H2,(H,23,27)(H,24,28). The van der Waals surface area contributed by atoms with Gasteiger partial charge < -0.3 is 19.9 Å². The number of pyridine rings is 2. The zero-order chi connectivity index (χ0) is 20.1. The summed E-state index contributed by atoms with van der Waals surface area (Å²) in [5.41, 5.74) is 0.614. The van der Waals surface area contributed by atoms with Crippen LogP contribution in [0.2, 0.25) is 0 Å². The maximum absolute atomic E-state index is 12.4. The van der Waals surface area contributed by atoms with Crippen molar-refractivity contribution in [2.75, 3.05) is 44.2 Å². The Hall–Kier alpha value is -2.71. The van der Waals surface area contributed by atoms with Gasteiger partial charge in [-0.3, -0.25) is 14.5 Å². The molecule has 2 saturated heterocycles. The second kappa shape index (κ2) is 9.19. The van der Waals surface area contributed by atoms with Crippen LogP contribution >= 0.6 is 0 Å². The first-order valence-electron chi connectivity index (χ1n) is 10.2. The summed E-state index contributed by atoms with van der Waals surface area (Å²) in [5, 5.41) is 2.80. The summed E-state index contributed by atoms with van der Waals surface area (Å²) in [5.74, 6) is 0.649. The molecule has 4 heterocycles. The van der Waals surface area contributed by atoms with Crippen molar-refractivity contribution in [2.45, 2.75) is 25.5 Å². The number of aromatic amines is 1. The predicted octanol–water partition coefficient (Wildman–Crippen LogP) is 1.00. The predicted molar refractivity (Wildman–Crippen MR) is 110 cm³/mol. The molecular formula is C21H27N5O3. The molecule has 0 aromatic carbocycles. The summed E-state index contributed by atoms with van der Waals surface area (Å²) in [6.45, 7) is 5.41. The highest BCUT2D eigenvalue weighted by Gasteiger charge is 2.20. The molecule has 1 amide bonds. The van der Waals surface area contributed by atoms with Gasteiger partial charge in [-0.1, -0.05) is 6.07 Å². The molecule has 8 heteroatoms. The second-order valence-electron chi connectivity index (χ2n) is 7.52. The van der Waals surface area contributed by atoms with E-state index in [2.05, 4.69) is 25.1 Å². The molecule has 2 aromatic rings.